The van der Waals surface area contributed by atoms with Gasteiger partial charge in [-0.3, -0.25) is 4.79 Å². The molecule has 7 heteroatoms. The molecule has 2 aromatic carbocycles. The second-order valence-corrected chi connectivity index (χ2v) is 9.58. The van der Waals surface area contributed by atoms with Crippen LogP contribution in [0.2, 0.25) is 10.0 Å². The molecule has 1 amide bonds. The second kappa shape index (κ2) is 9.14. The fourth-order valence-electron chi connectivity index (χ4n) is 4.62. The van der Waals surface area contributed by atoms with Crippen LogP contribution in [-0.4, -0.2) is 34.2 Å². The van der Waals surface area contributed by atoms with Crippen molar-refractivity contribution in [3.63, 3.8) is 0 Å². The lowest BCUT2D eigenvalue weighted by molar-refractivity contribution is -0.204. The number of amides is 1. The Morgan fingerprint density at radius 2 is 2.03 bits per heavy atom. The predicted molar refractivity (Wildman–Crippen MR) is 123 cm³/mol. The van der Waals surface area contributed by atoms with Crippen molar-refractivity contribution < 1.29 is 19.0 Å². The molecule has 32 heavy (non-hydrogen) atoms. The maximum atomic E-state index is 14.5. The number of carbonyl (C=O) groups excluding carboxylic acids is 1. The number of aliphatic hydroxyl groups excluding tert-OH is 1. The molecule has 2 aliphatic rings. The van der Waals surface area contributed by atoms with E-state index in [0.29, 0.717) is 17.0 Å². The molecular formula is C25H26Cl2FNO3. The van der Waals surface area contributed by atoms with E-state index < -0.39 is 29.6 Å². The van der Waals surface area contributed by atoms with Gasteiger partial charge >= 0.3 is 0 Å². The summed E-state index contributed by atoms with van der Waals surface area (Å²) >= 11 is 12.2. The second-order valence-electron chi connectivity index (χ2n) is 8.74. The molecule has 0 spiro atoms. The Hall–Kier alpha value is -1.92. The zero-order valence-electron chi connectivity index (χ0n) is 17.8. The minimum Gasteiger partial charge on any atom is -0.394 e. The van der Waals surface area contributed by atoms with E-state index in [4.69, 9.17) is 27.9 Å². The quantitative estimate of drug-likeness (QED) is 0.506. The summed E-state index contributed by atoms with van der Waals surface area (Å²) in [4.78, 5) is 15.6. The van der Waals surface area contributed by atoms with Gasteiger partial charge in [0, 0.05) is 11.4 Å². The van der Waals surface area contributed by atoms with Gasteiger partial charge in [-0.05, 0) is 61.1 Å². The molecule has 0 bridgehead atoms. The third-order valence-electron chi connectivity index (χ3n) is 6.37. The van der Waals surface area contributed by atoms with Crippen LogP contribution in [0.25, 0.3) is 0 Å². The summed E-state index contributed by atoms with van der Waals surface area (Å²) < 4.78 is 21.0. The van der Waals surface area contributed by atoms with E-state index in [2.05, 4.69) is 6.58 Å². The van der Waals surface area contributed by atoms with Crippen molar-refractivity contribution in [3.05, 3.63) is 82.1 Å². The van der Waals surface area contributed by atoms with Crippen LogP contribution in [0.15, 0.2) is 55.1 Å². The number of hydrogen-bond acceptors (Lipinski definition) is 3. The van der Waals surface area contributed by atoms with Gasteiger partial charge in [0.1, 0.15) is 17.5 Å². The maximum absolute atomic E-state index is 14.5. The number of aliphatic hydroxyl groups is 1. The first kappa shape index (κ1) is 23.2. The lowest BCUT2D eigenvalue weighted by atomic mass is 9.85. The Labute approximate surface area is 197 Å². The normalized spacial score (nSPS) is 26.8. The highest BCUT2D eigenvalue weighted by Crippen LogP contribution is 2.50. The van der Waals surface area contributed by atoms with Crippen molar-refractivity contribution >= 4 is 29.1 Å². The molecule has 2 fully saturated rings. The molecule has 1 aliphatic heterocycles. The zero-order chi connectivity index (χ0) is 23.0. The first-order valence-corrected chi connectivity index (χ1v) is 11.5. The predicted octanol–water partition coefficient (Wildman–Crippen LogP) is 5.88. The average molecular weight is 478 g/mol. The number of rotatable bonds is 7. The highest BCUT2D eigenvalue weighted by atomic mass is 35.5. The summed E-state index contributed by atoms with van der Waals surface area (Å²) in [6.07, 6.45) is 3.17. The molecule has 1 saturated carbocycles. The summed E-state index contributed by atoms with van der Waals surface area (Å²) in [6.45, 7) is 5.35. The Morgan fingerprint density at radius 1 is 1.28 bits per heavy atom. The molecular weight excluding hydrogens is 452 g/mol. The van der Waals surface area contributed by atoms with Crippen molar-refractivity contribution in [3.8, 4) is 0 Å². The van der Waals surface area contributed by atoms with Gasteiger partial charge in [0.25, 0.3) is 5.91 Å². The molecule has 0 aromatic heterocycles. The van der Waals surface area contributed by atoms with Crippen LogP contribution in [-0.2, 0) is 9.53 Å². The van der Waals surface area contributed by atoms with E-state index in [0.717, 1.165) is 18.4 Å². The number of hydrogen-bond donors (Lipinski definition) is 1. The van der Waals surface area contributed by atoms with Crippen LogP contribution in [0.5, 0.6) is 0 Å². The van der Waals surface area contributed by atoms with E-state index >= 15 is 0 Å². The van der Waals surface area contributed by atoms with Gasteiger partial charge < -0.3 is 14.7 Å². The third kappa shape index (κ3) is 4.32. The van der Waals surface area contributed by atoms with E-state index in [1.165, 1.54) is 12.1 Å². The number of morpholine rings is 1. The Kier molecular flexibility index (Phi) is 6.64. The largest absolute Gasteiger partial charge is 0.394 e. The number of carbonyl (C=O) groups is 1. The summed E-state index contributed by atoms with van der Waals surface area (Å²) in [5, 5.41) is 10.8. The molecule has 0 radical (unpaired) electrons. The van der Waals surface area contributed by atoms with Crippen molar-refractivity contribution in [2.24, 2.45) is 5.92 Å². The summed E-state index contributed by atoms with van der Waals surface area (Å²) in [5.74, 6) is -0.635. The minimum atomic E-state index is -1.18. The first-order chi connectivity index (χ1) is 15.3. The highest BCUT2D eigenvalue weighted by molar-refractivity contribution is 6.31. The molecule has 4 nitrogen and oxygen atoms in total. The van der Waals surface area contributed by atoms with Crippen LogP contribution < -0.4 is 0 Å². The molecule has 4 rings (SSSR count). The molecule has 1 heterocycles. The van der Waals surface area contributed by atoms with E-state index in [1.807, 2.05) is 12.1 Å². The van der Waals surface area contributed by atoms with Crippen molar-refractivity contribution in [2.75, 3.05) is 6.61 Å². The smallest absolute Gasteiger partial charge is 0.255 e. The molecule has 1 saturated heterocycles. The standard InChI is InChI=1S/C25H26Cl2FNO3/c1-3-11-25(2)24(31)29(21(14-30)15-7-8-15)22(16-9-10-19(27)20(28)13-16)23(32-25)17-5-4-6-18(26)12-17/h3-6,9-10,12-13,15,21-23,30H,1,7-8,11,14H2,2H3/t21?,22?,23-,25-/m1/s1. The molecule has 2 aromatic rings. The van der Waals surface area contributed by atoms with Gasteiger partial charge in [0.15, 0.2) is 0 Å². The van der Waals surface area contributed by atoms with Gasteiger partial charge in [-0.2, -0.15) is 0 Å². The van der Waals surface area contributed by atoms with Crippen LogP contribution in [0, 0.1) is 11.7 Å². The Morgan fingerprint density at radius 3 is 2.62 bits per heavy atom. The zero-order valence-corrected chi connectivity index (χ0v) is 19.3. The number of ether oxygens (including phenoxy) is 1. The van der Waals surface area contributed by atoms with Crippen LogP contribution in [0.4, 0.5) is 4.39 Å². The van der Waals surface area contributed by atoms with Crippen molar-refractivity contribution in [2.45, 2.75) is 50.0 Å². The fourth-order valence-corrected chi connectivity index (χ4v) is 4.94. The molecule has 1 aliphatic carbocycles. The maximum Gasteiger partial charge on any atom is 0.255 e. The third-order valence-corrected chi connectivity index (χ3v) is 6.91. The summed E-state index contributed by atoms with van der Waals surface area (Å²) in [7, 11) is 0. The number of halogens is 3. The Balaban J connectivity index is 1.91. The lowest BCUT2D eigenvalue weighted by Gasteiger charge is -2.51. The highest BCUT2D eigenvalue weighted by Gasteiger charge is 2.54. The number of benzene rings is 2. The Bertz CT molecular complexity index is 1030. The van der Waals surface area contributed by atoms with E-state index in [9.17, 15) is 14.3 Å². The minimum absolute atomic E-state index is 0.0000525. The fraction of sp³-hybridized carbons (Fsp3) is 0.400. The van der Waals surface area contributed by atoms with E-state index in [1.54, 1.807) is 36.1 Å². The van der Waals surface area contributed by atoms with Gasteiger partial charge in [-0.15, -0.1) is 6.58 Å². The van der Waals surface area contributed by atoms with Crippen LogP contribution in [0.1, 0.15) is 49.5 Å². The topological polar surface area (TPSA) is 49.8 Å². The molecule has 4 atom stereocenters. The molecule has 170 valence electrons. The monoisotopic (exact) mass is 477 g/mol. The van der Waals surface area contributed by atoms with Gasteiger partial charge in [0.05, 0.1) is 23.7 Å². The van der Waals surface area contributed by atoms with Crippen molar-refractivity contribution in [1.29, 1.82) is 0 Å². The summed E-state index contributed by atoms with van der Waals surface area (Å²) in [5.41, 5.74) is 0.126. The molecule has 2 unspecified atom stereocenters. The first-order valence-electron chi connectivity index (χ1n) is 10.7. The summed E-state index contributed by atoms with van der Waals surface area (Å²) in [6, 6.07) is 10.7. The average Bonchev–Trinajstić information content (AvgIpc) is 3.59. The lowest BCUT2D eigenvalue weighted by Crippen LogP contribution is -2.61. The van der Waals surface area contributed by atoms with Crippen LogP contribution >= 0.6 is 23.2 Å². The number of nitrogens with zero attached hydrogens (tertiary/aromatic N) is 1. The van der Waals surface area contributed by atoms with Crippen molar-refractivity contribution in [1.82, 2.24) is 4.90 Å². The van der Waals surface area contributed by atoms with Crippen LogP contribution in [0.3, 0.4) is 0 Å². The van der Waals surface area contributed by atoms with Gasteiger partial charge in [-0.25, -0.2) is 4.39 Å². The van der Waals surface area contributed by atoms with Gasteiger partial charge in [-0.1, -0.05) is 47.5 Å². The van der Waals surface area contributed by atoms with Gasteiger partial charge in [0.2, 0.25) is 0 Å². The SMILES string of the molecule is C=CC[C@@]1(C)O[C@H](c2cccc(Cl)c2)C(c2ccc(Cl)c(F)c2)N(C(CO)C2CC2)C1=O. The van der Waals surface area contributed by atoms with E-state index in [-0.39, 0.29) is 23.5 Å². The molecule has 1 N–H and O–H groups in total.